The molecular formula is C16H29NO. The first-order chi connectivity index (χ1) is 8.65. The molecule has 18 heavy (non-hydrogen) atoms. The predicted octanol–water partition coefficient (Wildman–Crippen LogP) is 2.95. The summed E-state index contributed by atoms with van der Waals surface area (Å²) in [5.74, 6) is 3.07. The predicted molar refractivity (Wildman–Crippen MR) is 74.4 cm³/mol. The van der Waals surface area contributed by atoms with Crippen LogP contribution in [0.5, 0.6) is 0 Å². The van der Waals surface area contributed by atoms with Gasteiger partial charge in [-0.3, -0.25) is 0 Å². The highest BCUT2D eigenvalue weighted by molar-refractivity contribution is 5.05. The topological polar surface area (TPSA) is 32.3 Å². The van der Waals surface area contributed by atoms with Gasteiger partial charge in [0.15, 0.2) is 0 Å². The van der Waals surface area contributed by atoms with Crippen molar-refractivity contribution in [2.24, 2.45) is 23.2 Å². The lowest BCUT2D eigenvalue weighted by Crippen LogP contribution is -2.56. The van der Waals surface area contributed by atoms with E-state index in [1.807, 2.05) is 0 Å². The Kier molecular flexibility index (Phi) is 3.44. The zero-order valence-electron chi connectivity index (χ0n) is 12.0. The van der Waals surface area contributed by atoms with Gasteiger partial charge in [-0.25, -0.2) is 0 Å². The molecule has 0 aromatic heterocycles. The van der Waals surface area contributed by atoms with Gasteiger partial charge >= 0.3 is 0 Å². The van der Waals surface area contributed by atoms with Crippen molar-refractivity contribution in [1.82, 2.24) is 5.32 Å². The van der Waals surface area contributed by atoms with Gasteiger partial charge in [-0.15, -0.1) is 0 Å². The average molecular weight is 251 g/mol. The van der Waals surface area contributed by atoms with E-state index in [0.29, 0.717) is 17.5 Å². The summed E-state index contributed by atoms with van der Waals surface area (Å²) in [7, 11) is 0. The van der Waals surface area contributed by atoms with E-state index < -0.39 is 0 Å². The second-order valence-electron chi connectivity index (χ2n) is 7.46. The molecule has 4 fully saturated rings. The Morgan fingerprint density at radius 3 is 2.00 bits per heavy atom. The molecule has 0 aromatic carbocycles. The quantitative estimate of drug-likeness (QED) is 0.787. The lowest BCUT2D eigenvalue weighted by atomic mass is 9.48. The van der Waals surface area contributed by atoms with Crippen molar-refractivity contribution < 1.29 is 5.11 Å². The Bertz CT molecular complexity index is 262. The molecule has 0 spiro atoms. The summed E-state index contributed by atoms with van der Waals surface area (Å²) in [4.78, 5) is 0. The van der Waals surface area contributed by atoms with Crippen LogP contribution in [0.25, 0.3) is 0 Å². The van der Waals surface area contributed by atoms with E-state index in [4.69, 9.17) is 0 Å². The van der Waals surface area contributed by atoms with Crippen LogP contribution in [0.2, 0.25) is 0 Å². The third kappa shape index (κ3) is 2.12. The van der Waals surface area contributed by atoms with E-state index in [2.05, 4.69) is 19.2 Å². The third-order valence-electron chi connectivity index (χ3n) is 6.20. The first-order valence-electron chi connectivity index (χ1n) is 8.02. The number of rotatable bonds is 5. The van der Waals surface area contributed by atoms with Gasteiger partial charge in [-0.05, 0) is 75.0 Å². The summed E-state index contributed by atoms with van der Waals surface area (Å²) in [5.41, 5.74) is 0.567. The molecule has 0 aliphatic heterocycles. The highest BCUT2D eigenvalue weighted by Gasteiger charge is 2.53. The van der Waals surface area contributed by atoms with Crippen LogP contribution >= 0.6 is 0 Å². The van der Waals surface area contributed by atoms with E-state index in [9.17, 15) is 5.11 Å². The Labute approximate surface area is 112 Å². The second-order valence-corrected chi connectivity index (χ2v) is 7.46. The van der Waals surface area contributed by atoms with Gasteiger partial charge in [0.05, 0.1) is 6.61 Å². The van der Waals surface area contributed by atoms with E-state index in [0.717, 1.165) is 24.2 Å². The molecule has 2 heteroatoms. The van der Waals surface area contributed by atoms with Crippen LogP contribution in [0.3, 0.4) is 0 Å². The molecule has 0 radical (unpaired) electrons. The minimum Gasteiger partial charge on any atom is -0.395 e. The molecule has 2 nitrogen and oxygen atoms in total. The van der Waals surface area contributed by atoms with Gasteiger partial charge in [0.1, 0.15) is 0 Å². The van der Waals surface area contributed by atoms with E-state index >= 15 is 0 Å². The van der Waals surface area contributed by atoms with E-state index in [1.165, 1.54) is 38.5 Å². The molecule has 4 aliphatic carbocycles. The number of hydrogen-bond donors (Lipinski definition) is 2. The smallest absolute Gasteiger partial charge is 0.0584 e. The minimum absolute atomic E-state index is 0.285. The molecule has 0 heterocycles. The van der Waals surface area contributed by atoms with Gasteiger partial charge in [-0.1, -0.05) is 6.92 Å². The van der Waals surface area contributed by atoms with Crippen molar-refractivity contribution >= 4 is 0 Å². The zero-order valence-corrected chi connectivity index (χ0v) is 12.0. The molecule has 4 rings (SSSR count). The second kappa shape index (κ2) is 4.79. The van der Waals surface area contributed by atoms with Gasteiger partial charge in [0.2, 0.25) is 0 Å². The molecule has 2 unspecified atom stereocenters. The zero-order chi connectivity index (χ0) is 12.8. The maximum absolute atomic E-state index is 9.39. The van der Waals surface area contributed by atoms with Crippen LogP contribution in [0.1, 0.15) is 58.8 Å². The summed E-state index contributed by atoms with van der Waals surface area (Å²) in [5, 5.41) is 13.1. The van der Waals surface area contributed by atoms with Gasteiger partial charge in [0, 0.05) is 12.1 Å². The molecule has 4 aliphatic rings. The van der Waals surface area contributed by atoms with Crippen LogP contribution in [0, 0.1) is 23.2 Å². The molecule has 2 atom stereocenters. The Morgan fingerprint density at radius 2 is 1.61 bits per heavy atom. The summed E-state index contributed by atoms with van der Waals surface area (Å²) < 4.78 is 0. The van der Waals surface area contributed by atoms with E-state index in [-0.39, 0.29) is 6.61 Å². The van der Waals surface area contributed by atoms with Crippen molar-refractivity contribution in [1.29, 1.82) is 0 Å². The maximum Gasteiger partial charge on any atom is 0.0584 e. The molecule has 0 aromatic rings. The highest BCUT2D eigenvalue weighted by Crippen LogP contribution is 2.61. The van der Waals surface area contributed by atoms with Gasteiger partial charge < -0.3 is 10.4 Å². The molecule has 0 amide bonds. The molecule has 0 saturated heterocycles. The Morgan fingerprint density at radius 1 is 1.11 bits per heavy atom. The number of nitrogens with one attached hydrogen (secondary N) is 1. The number of aliphatic hydroxyl groups is 1. The van der Waals surface area contributed by atoms with Crippen LogP contribution in [0.15, 0.2) is 0 Å². The fourth-order valence-electron chi connectivity index (χ4n) is 5.54. The first-order valence-corrected chi connectivity index (χ1v) is 8.02. The first kappa shape index (κ1) is 12.9. The van der Waals surface area contributed by atoms with Gasteiger partial charge in [0.25, 0.3) is 0 Å². The SMILES string of the molecule is CCC(CO)NC(C)C12CC3CC(CC(C3)C1)C2. The molecular weight excluding hydrogens is 222 g/mol. The van der Waals surface area contributed by atoms with Crippen LogP contribution in [-0.2, 0) is 0 Å². The Hall–Kier alpha value is -0.0800. The van der Waals surface area contributed by atoms with Crippen molar-refractivity contribution in [2.75, 3.05) is 6.61 Å². The monoisotopic (exact) mass is 251 g/mol. The molecule has 2 N–H and O–H groups in total. The van der Waals surface area contributed by atoms with Crippen molar-refractivity contribution in [3.8, 4) is 0 Å². The minimum atomic E-state index is 0.285. The van der Waals surface area contributed by atoms with Crippen molar-refractivity contribution in [3.63, 3.8) is 0 Å². The summed E-state index contributed by atoms with van der Waals surface area (Å²) >= 11 is 0. The lowest BCUT2D eigenvalue weighted by molar-refractivity contribution is -0.0730. The standard InChI is InChI=1S/C16H29NO/c1-3-15(10-18)17-11(2)16-7-12-4-13(8-16)6-14(5-12)9-16/h11-15,17-18H,3-10H2,1-2H3. The number of hydrogen-bond acceptors (Lipinski definition) is 2. The summed E-state index contributed by atoms with van der Waals surface area (Å²) in [6.45, 7) is 4.83. The lowest BCUT2D eigenvalue weighted by Gasteiger charge is -2.59. The highest BCUT2D eigenvalue weighted by atomic mass is 16.3. The molecule has 104 valence electrons. The van der Waals surface area contributed by atoms with E-state index in [1.54, 1.807) is 0 Å². The third-order valence-corrected chi connectivity index (χ3v) is 6.20. The molecule has 4 saturated carbocycles. The van der Waals surface area contributed by atoms with Gasteiger partial charge in [-0.2, -0.15) is 0 Å². The summed E-state index contributed by atoms with van der Waals surface area (Å²) in [6.07, 6.45) is 9.95. The van der Waals surface area contributed by atoms with Crippen molar-refractivity contribution in [3.05, 3.63) is 0 Å². The maximum atomic E-state index is 9.39. The molecule has 4 bridgehead atoms. The average Bonchev–Trinajstić information content (AvgIpc) is 2.34. The van der Waals surface area contributed by atoms with Crippen LogP contribution in [-0.4, -0.2) is 23.8 Å². The largest absolute Gasteiger partial charge is 0.395 e. The van der Waals surface area contributed by atoms with Crippen LogP contribution < -0.4 is 5.32 Å². The van der Waals surface area contributed by atoms with Crippen molar-refractivity contribution in [2.45, 2.75) is 70.9 Å². The summed E-state index contributed by atoms with van der Waals surface area (Å²) in [6, 6.07) is 0.885. The fraction of sp³-hybridized carbons (Fsp3) is 1.00. The fourth-order valence-corrected chi connectivity index (χ4v) is 5.54. The van der Waals surface area contributed by atoms with Crippen LogP contribution in [0.4, 0.5) is 0 Å². The Balaban J connectivity index is 1.70. The normalized spacial score (nSPS) is 45.2. The number of aliphatic hydroxyl groups excluding tert-OH is 1.